The van der Waals surface area contributed by atoms with Crippen LogP contribution in [0.25, 0.3) is 22.2 Å². The zero-order valence-corrected chi connectivity index (χ0v) is 21.2. The predicted octanol–water partition coefficient (Wildman–Crippen LogP) is 6.03. The minimum Gasteiger partial charge on any atom is -0.444 e. The van der Waals surface area contributed by atoms with Crippen LogP contribution in [0.4, 0.5) is 23.9 Å². The highest BCUT2D eigenvalue weighted by Crippen LogP contribution is 2.42. The van der Waals surface area contributed by atoms with Gasteiger partial charge in [-0.1, -0.05) is 12.1 Å². The van der Waals surface area contributed by atoms with E-state index in [-0.39, 0.29) is 17.7 Å². The lowest BCUT2D eigenvalue weighted by molar-refractivity contribution is -0.137. The Labute approximate surface area is 211 Å². The number of thioether (sulfide) groups is 1. The normalized spacial score (nSPS) is 18.4. The predicted molar refractivity (Wildman–Crippen MR) is 133 cm³/mol. The molecular formula is C25H28F3N5O2S. The lowest BCUT2D eigenvalue weighted by Crippen LogP contribution is -2.47. The first-order valence-electron chi connectivity index (χ1n) is 11.9. The summed E-state index contributed by atoms with van der Waals surface area (Å²) in [4.78, 5) is 23.6. The number of alkyl halides is 3. The number of carbonyl (C=O) groups excluding carboxylic acids is 1. The Morgan fingerprint density at radius 1 is 1.22 bits per heavy atom. The SMILES string of the molecule is CC(C)(C)OC(=O)N1CCCC(Nc2ncc(C(F)(F)F)c(-c3cn4c5c(cccc35)SCC4)n2)C1. The average Bonchev–Trinajstić information content (AvgIpc) is 3.18. The number of nitrogens with zero attached hydrogens (tertiary/aromatic N) is 4. The number of carbonyl (C=O) groups is 1. The largest absolute Gasteiger partial charge is 0.444 e. The van der Waals surface area contributed by atoms with Gasteiger partial charge in [0.05, 0.1) is 11.2 Å². The molecule has 1 aromatic carbocycles. The average molecular weight is 520 g/mol. The molecule has 0 radical (unpaired) electrons. The first-order chi connectivity index (χ1) is 17.0. The molecule has 1 saturated heterocycles. The zero-order valence-electron chi connectivity index (χ0n) is 20.4. The van der Waals surface area contributed by atoms with Gasteiger partial charge in [-0.15, -0.1) is 11.8 Å². The maximum atomic E-state index is 14.0. The minimum absolute atomic E-state index is 0.107. The maximum Gasteiger partial charge on any atom is 0.419 e. The quantitative estimate of drug-likeness (QED) is 0.455. The van der Waals surface area contributed by atoms with Gasteiger partial charge in [0.2, 0.25) is 5.95 Å². The highest BCUT2D eigenvalue weighted by Gasteiger charge is 2.37. The highest BCUT2D eigenvalue weighted by atomic mass is 32.2. The monoisotopic (exact) mass is 519 g/mol. The van der Waals surface area contributed by atoms with Gasteiger partial charge in [0, 0.05) is 59.7 Å². The van der Waals surface area contributed by atoms with Gasteiger partial charge in [0.15, 0.2) is 0 Å². The number of rotatable bonds is 3. The number of hydrogen-bond acceptors (Lipinski definition) is 6. The van der Waals surface area contributed by atoms with Gasteiger partial charge in [-0.25, -0.2) is 14.8 Å². The molecule has 3 aromatic rings. The molecule has 1 amide bonds. The molecule has 2 aromatic heterocycles. The third-order valence-corrected chi connectivity index (χ3v) is 7.23. The molecule has 1 atom stereocenters. The van der Waals surface area contributed by atoms with Crippen molar-refractivity contribution in [2.75, 3.05) is 24.2 Å². The number of amides is 1. The molecule has 2 aliphatic heterocycles. The summed E-state index contributed by atoms with van der Waals surface area (Å²) in [6.07, 6.45) is -0.930. The smallest absolute Gasteiger partial charge is 0.419 e. The number of aromatic nitrogens is 3. The molecule has 192 valence electrons. The molecule has 7 nitrogen and oxygen atoms in total. The van der Waals surface area contributed by atoms with E-state index in [1.54, 1.807) is 22.9 Å². The van der Waals surface area contributed by atoms with Crippen molar-refractivity contribution < 1.29 is 22.7 Å². The third kappa shape index (κ3) is 4.98. The van der Waals surface area contributed by atoms with E-state index in [1.807, 2.05) is 43.5 Å². The van der Waals surface area contributed by atoms with Crippen molar-refractivity contribution >= 4 is 34.7 Å². The Bertz CT molecular complexity index is 1300. The Hall–Kier alpha value is -2.95. The molecule has 11 heteroatoms. The zero-order chi connectivity index (χ0) is 25.7. The van der Waals surface area contributed by atoms with Crippen molar-refractivity contribution in [3.8, 4) is 11.3 Å². The maximum absolute atomic E-state index is 14.0. The lowest BCUT2D eigenvalue weighted by atomic mass is 10.1. The summed E-state index contributed by atoms with van der Waals surface area (Å²) in [5.41, 5.74) is -0.255. The van der Waals surface area contributed by atoms with E-state index < -0.39 is 23.4 Å². The van der Waals surface area contributed by atoms with E-state index in [9.17, 15) is 18.0 Å². The molecule has 1 fully saturated rings. The van der Waals surface area contributed by atoms with E-state index in [0.717, 1.165) is 47.1 Å². The fourth-order valence-electron chi connectivity index (χ4n) is 4.70. The molecule has 0 bridgehead atoms. The molecular weight excluding hydrogens is 491 g/mol. The van der Waals surface area contributed by atoms with Crippen molar-refractivity contribution in [3.05, 3.63) is 36.2 Å². The second-order valence-electron chi connectivity index (χ2n) is 10.1. The fraction of sp³-hybridized carbons (Fsp3) is 0.480. The summed E-state index contributed by atoms with van der Waals surface area (Å²) >= 11 is 1.70. The van der Waals surface area contributed by atoms with Crippen molar-refractivity contribution in [3.63, 3.8) is 0 Å². The number of likely N-dealkylation sites (tertiary alicyclic amines) is 1. The number of anilines is 1. The van der Waals surface area contributed by atoms with Gasteiger partial charge in [0.1, 0.15) is 11.2 Å². The summed E-state index contributed by atoms with van der Waals surface area (Å²) in [6.45, 7) is 7.06. The van der Waals surface area contributed by atoms with Crippen LogP contribution >= 0.6 is 11.8 Å². The molecule has 0 aliphatic carbocycles. The standard InChI is InChI=1S/C25H28F3N5O2S/c1-24(2,3)35-23(34)33-9-5-6-15(13-33)30-22-29-12-18(25(26,27)28)20(31-22)17-14-32-10-11-36-19-8-4-7-16(17)21(19)32/h4,7-8,12,14-15H,5-6,9-11,13H2,1-3H3,(H,29,30,31). The van der Waals surface area contributed by atoms with Gasteiger partial charge in [0.25, 0.3) is 0 Å². The lowest BCUT2D eigenvalue weighted by Gasteiger charge is -2.34. The van der Waals surface area contributed by atoms with E-state index in [4.69, 9.17) is 4.74 Å². The summed E-state index contributed by atoms with van der Waals surface area (Å²) < 4.78 is 49.5. The number of hydrogen-bond donors (Lipinski definition) is 1. The van der Waals surface area contributed by atoms with Crippen LogP contribution in [-0.4, -0.2) is 56.0 Å². The van der Waals surface area contributed by atoms with Crippen LogP contribution < -0.4 is 5.32 Å². The van der Waals surface area contributed by atoms with Crippen LogP contribution in [0.5, 0.6) is 0 Å². The molecule has 36 heavy (non-hydrogen) atoms. The van der Waals surface area contributed by atoms with Crippen molar-refractivity contribution in [2.45, 2.75) is 62.9 Å². The highest BCUT2D eigenvalue weighted by molar-refractivity contribution is 7.99. The first kappa shape index (κ1) is 24.7. The Kier molecular flexibility index (Phi) is 6.30. The molecule has 5 rings (SSSR count). The Morgan fingerprint density at radius 2 is 2.03 bits per heavy atom. The third-order valence-electron chi connectivity index (χ3n) is 6.21. The van der Waals surface area contributed by atoms with Gasteiger partial charge in [-0.05, 0) is 39.7 Å². The number of benzene rings is 1. The first-order valence-corrected chi connectivity index (χ1v) is 12.9. The van der Waals surface area contributed by atoms with Crippen molar-refractivity contribution in [1.82, 2.24) is 19.4 Å². The minimum atomic E-state index is -4.60. The summed E-state index contributed by atoms with van der Waals surface area (Å²) in [7, 11) is 0. The van der Waals surface area contributed by atoms with E-state index in [0.29, 0.717) is 18.7 Å². The molecule has 4 heterocycles. The van der Waals surface area contributed by atoms with E-state index in [2.05, 4.69) is 15.3 Å². The number of para-hydroxylation sites is 1. The molecule has 0 spiro atoms. The number of ether oxygens (including phenoxy) is 1. The summed E-state index contributed by atoms with van der Waals surface area (Å²) in [5, 5.41) is 3.90. The molecule has 1 N–H and O–H groups in total. The van der Waals surface area contributed by atoms with Crippen LogP contribution in [0, 0.1) is 0 Å². The van der Waals surface area contributed by atoms with Gasteiger partial charge >= 0.3 is 12.3 Å². The van der Waals surface area contributed by atoms with Gasteiger partial charge < -0.3 is 19.5 Å². The van der Waals surface area contributed by atoms with E-state index >= 15 is 0 Å². The molecule has 0 saturated carbocycles. The van der Waals surface area contributed by atoms with E-state index in [1.165, 1.54) is 0 Å². The van der Waals surface area contributed by atoms with Crippen molar-refractivity contribution in [2.24, 2.45) is 0 Å². The second-order valence-corrected chi connectivity index (χ2v) is 11.2. The Balaban J connectivity index is 1.47. The summed E-state index contributed by atoms with van der Waals surface area (Å²) in [6, 6.07) is 5.49. The van der Waals surface area contributed by atoms with Gasteiger partial charge in [-0.3, -0.25) is 0 Å². The number of piperidine rings is 1. The topological polar surface area (TPSA) is 72.3 Å². The van der Waals surface area contributed by atoms with Crippen LogP contribution in [0.2, 0.25) is 0 Å². The van der Waals surface area contributed by atoms with Crippen LogP contribution in [0.1, 0.15) is 39.2 Å². The summed E-state index contributed by atoms with van der Waals surface area (Å²) in [5.74, 6) is 0.967. The fourth-order valence-corrected chi connectivity index (χ4v) is 5.74. The number of aryl methyl sites for hydroxylation is 1. The van der Waals surface area contributed by atoms with Gasteiger partial charge in [-0.2, -0.15) is 13.2 Å². The molecule has 2 aliphatic rings. The Morgan fingerprint density at radius 3 is 2.78 bits per heavy atom. The van der Waals surface area contributed by atoms with Crippen LogP contribution in [-0.2, 0) is 17.5 Å². The molecule has 1 unspecified atom stereocenters. The number of nitrogens with one attached hydrogen (secondary N) is 1. The number of halogens is 3. The van der Waals surface area contributed by atoms with Crippen LogP contribution in [0.3, 0.4) is 0 Å². The van der Waals surface area contributed by atoms with Crippen molar-refractivity contribution in [1.29, 1.82) is 0 Å². The van der Waals surface area contributed by atoms with Crippen LogP contribution in [0.15, 0.2) is 35.5 Å². The second kappa shape index (κ2) is 9.17.